The number of hydrazine groups is 1. The van der Waals surface area contributed by atoms with Crippen LogP contribution in [0.15, 0.2) is 54.6 Å². The van der Waals surface area contributed by atoms with E-state index < -0.39 is 6.09 Å². The lowest BCUT2D eigenvalue weighted by molar-refractivity contribution is 0.187. The van der Waals surface area contributed by atoms with Crippen molar-refractivity contribution in [1.29, 1.82) is 0 Å². The van der Waals surface area contributed by atoms with Crippen LogP contribution in [0.3, 0.4) is 0 Å². The number of rotatable bonds is 5. The summed E-state index contributed by atoms with van der Waals surface area (Å²) in [6.07, 6.45) is -1.11. The first kappa shape index (κ1) is 13.9. The number of benzene rings is 2. The van der Waals surface area contributed by atoms with Gasteiger partial charge in [-0.05, 0) is 36.8 Å². The van der Waals surface area contributed by atoms with Crippen LogP contribution < -0.4 is 15.6 Å². The fourth-order valence-electron chi connectivity index (χ4n) is 1.70. The first-order valence-corrected chi connectivity index (χ1v) is 6.22. The number of ether oxygens (including phenoxy) is 1. The second-order valence-corrected chi connectivity index (χ2v) is 4.28. The Bertz CT molecular complexity index is 555. The van der Waals surface area contributed by atoms with Crippen LogP contribution in [0.4, 0.5) is 4.79 Å². The number of amides is 1. The van der Waals surface area contributed by atoms with Gasteiger partial charge in [0.1, 0.15) is 11.5 Å². The van der Waals surface area contributed by atoms with E-state index in [-0.39, 0.29) is 6.04 Å². The van der Waals surface area contributed by atoms with Gasteiger partial charge >= 0.3 is 6.09 Å². The maximum atomic E-state index is 10.4. The highest BCUT2D eigenvalue weighted by Gasteiger charge is 2.06. The third kappa shape index (κ3) is 4.00. The SMILES string of the molecule is CC(NNC(=O)O)c1ccc(Oc2ccccc2)cc1. The van der Waals surface area contributed by atoms with Crippen LogP contribution in [0.1, 0.15) is 18.5 Å². The van der Waals surface area contributed by atoms with Gasteiger partial charge < -0.3 is 9.84 Å². The number of hydrogen-bond acceptors (Lipinski definition) is 3. The van der Waals surface area contributed by atoms with E-state index in [1.54, 1.807) is 0 Å². The van der Waals surface area contributed by atoms with E-state index in [9.17, 15) is 4.79 Å². The van der Waals surface area contributed by atoms with Gasteiger partial charge in [0, 0.05) is 6.04 Å². The third-order valence-electron chi connectivity index (χ3n) is 2.75. The molecule has 3 N–H and O–H groups in total. The number of nitrogens with one attached hydrogen (secondary N) is 2. The molecule has 0 spiro atoms. The summed E-state index contributed by atoms with van der Waals surface area (Å²) in [5, 5.41) is 8.52. The predicted molar refractivity (Wildman–Crippen MR) is 75.7 cm³/mol. The summed E-state index contributed by atoms with van der Waals surface area (Å²) < 4.78 is 5.68. The van der Waals surface area contributed by atoms with Crippen molar-refractivity contribution in [2.24, 2.45) is 0 Å². The summed E-state index contributed by atoms with van der Waals surface area (Å²) in [4.78, 5) is 10.4. The molecule has 0 aliphatic heterocycles. The predicted octanol–water partition coefficient (Wildman–Crippen LogP) is 3.31. The molecule has 5 nitrogen and oxygen atoms in total. The highest BCUT2D eigenvalue weighted by atomic mass is 16.5. The molecule has 0 aromatic heterocycles. The van der Waals surface area contributed by atoms with Crippen LogP contribution in [0.2, 0.25) is 0 Å². The topological polar surface area (TPSA) is 70.6 Å². The molecule has 0 aliphatic carbocycles. The summed E-state index contributed by atoms with van der Waals surface area (Å²) >= 11 is 0. The maximum Gasteiger partial charge on any atom is 0.419 e. The standard InChI is InChI=1S/C15H16N2O3/c1-11(16-17-15(18)19)12-7-9-14(10-8-12)20-13-5-3-2-4-6-13/h2-11,16-17H,1H3,(H,18,19). The molecular weight excluding hydrogens is 256 g/mol. The van der Waals surface area contributed by atoms with Gasteiger partial charge in [-0.3, -0.25) is 5.43 Å². The van der Waals surface area contributed by atoms with Gasteiger partial charge in [0.15, 0.2) is 0 Å². The first-order valence-electron chi connectivity index (χ1n) is 6.22. The van der Waals surface area contributed by atoms with E-state index in [0.29, 0.717) is 0 Å². The molecule has 2 aromatic rings. The molecule has 0 radical (unpaired) electrons. The van der Waals surface area contributed by atoms with Crippen LogP contribution in [-0.4, -0.2) is 11.2 Å². The molecule has 0 heterocycles. The van der Waals surface area contributed by atoms with Crippen LogP contribution in [0, 0.1) is 0 Å². The van der Waals surface area contributed by atoms with Gasteiger partial charge in [-0.2, -0.15) is 0 Å². The molecule has 0 saturated carbocycles. The second-order valence-electron chi connectivity index (χ2n) is 4.28. The fraction of sp³-hybridized carbons (Fsp3) is 0.133. The average Bonchev–Trinajstić information content (AvgIpc) is 2.46. The number of carboxylic acid groups (broad SMARTS) is 1. The first-order chi connectivity index (χ1) is 9.65. The monoisotopic (exact) mass is 272 g/mol. The summed E-state index contributed by atoms with van der Waals surface area (Å²) in [6.45, 7) is 1.86. The van der Waals surface area contributed by atoms with Crippen LogP contribution in [0.25, 0.3) is 0 Å². The van der Waals surface area contributed by atoms with E-state index in [1.807, 2.05) is 61.5 Å². The van der Waals surface area contributed by atoms with Gasteiger partial charge in [0.25, 0.3) is 0 Å². The fourth-order valence-corrected chi connectivity index (χ4v) is 1.70. The minimum absolute atomic E-state index is 0.128. The molecule has 104 valence electrons. The molecule has 20 heavy (non-hydrogen) atoms. The molecule has 0 aliphatic rings. The lowest BCUT2D eigenvalue weighted by atomic mass is 10.1. The van der Waals surface area contributed by atoms with Crippen molar-refractivity contribution in [1.82, 2.24) is 10.9 Å². The van der Waals surface area contributed by atoms with E-state index in [2.05, 4.69) is 10.9 Å². The summed E-state index contributed by atoms with van der Waals surface area (Å²) in [5.41, 5.74) is 5.77. The van der Waals surface area contributed by atoms with Gasteiger partial charge in [0.2, 0.25) is 0 Å². The van der Waals surface area contributed by atoms with Crippen molar-refractivity contribution in [3.8, 4) is 11.5 Å². The molecule has 0 fully saturated rings. The van der Waals surface area contributed by atoms with E-state index in [4.69, 9.17) is 9.84 Å². The van der Waals surface area contributed by atoms with Crippen LogP contribution in [-0.2, 0) is 0 Å². The molecular formula is C15H16N2O3. The normalized spacial score (nSPS) is 11.7. The Morgan fingerprint density at radius 2 is 1.65 bits per heavy atom. The summed E-state index contributed by atoms with van der Waals surface area (Å²) in [6, 6.07) is 16.9. The molecule has 0 bridgehead atoms. The summed E-state index contributed by atoms with van der Waals surface area (Å²) in [5.74, 6) is 1.51. The number of para-hydroxylation sites is 1. The minimum Gasteiger partial charge on any atom is -0.464 e. The Labute approximate surface area is 117 Å². The Balaban J connectivity index is 1.97. The number of carbonyl (C=O) groups is 1. The zero-order valence-electron chi connectivity index (χ0n) is 11.0. The zero-order chi connectivity index (χ0) is 14.4. The van der Waals surface area contributed by atoms with Crippen molar-refractivity contribution in [2.75, 3.05) is 0 Å². The van der Waals surface area contributed by atoms with E-state index in [1.165, 1.54) is 0 Å². The van der Waals surface area contributed by atoms with Crippen molar-refractivity contribution in [3.63, 3.8) is 0 Å². The van der Waals surface area contributed by atoms with Crippen molar-refractivity contribution >= 4 is 6.09 Å². The van der Waals surface area contributed by atoms with Crippen LogP contribution >= 0.6 is 0 Å². The lowest BCUT2D eigenvalue weighted by Gasteiger charge is -2.14. The Kier molecular flexibility index (Phi) is 4.57. The Hall–Kier alpha value is -2.53. The molecule has 5 heteroatoms. The molecule has 1 amide bonds. The van der Waals surface area contributed by atoms with Crippen molar-refractivity contribution < 1.29 is 14.6 Å². The molecule has 1 unspecified atom stereocenters. The summed E-state index contributed by atoms with van der Waals surface area (Å²) in [7, 11) is 0. The third-order valence-corrected chi connectivity index (χ3v) is 2.75. The maximum absolute atomic E-state index is 10.4. The van der Waals surface area contributed by atoms with Crippen molar-refractivity contribution in [3.05, 3.63) is 60.2 Å². The molecule has 0 saturated heterocycles. The zero-order valence-corrected chi connectivity index (χ0v) is 11.0. The highest BCUT2D eigenvalue weighted by Crippen LogP contribution is 2.22. The highest BCUT2D eigenvalue weighted by molar-refractivity contribution is 5.63. The van der Waals surface area contributed by atoms with E-state index in [0.717, 1.165) is 17.1 Å². The van der Waals surface area contributed by atoms with Crippen molar-refractivity contribution in [2.45, 2.75) is 13.0 Å². The molecule has 2 rings (SSSR count). The van der Waals surface area contributed by atoms with Crippen LogP contribution in [0.5, 0.6) is 11.5 Å². The second kappa shape index (κ2) is 6.58. The van der Waals surface area contributed by atoms with Gasteiger partial charge in [-0.15, -0.1) is 0 Å². The van der Waals surface area contributed by atoms with E-state index >= 15 is 0 Å². The van der Waals surface area contributed by atoms with Gasteiger partial charge in [-0.25, -0.2) is 10.2 Å². The quantitative estimate of drug-likeness (QED) is 0.730. The van der Waals surface area contributed by atoms with Gasteiger partial charge in [-0.1, -0.05) is 30.3 Å². The largest absolute Gasteiger partial charge is 0.464 e. The average molecular weight is 272 g/mol. The number of hydrogen-bond donors (Lipinski definition) is 3. The molecule has 1 atom stereocenters. The van der Waals surface area contributed by atoms with Gasteiger partial charge in [0.05, 0.1) is 0 Å². The smallest absolute Gasteiger partial charge is 0.419 e. The lowest BCUT2D eigenvalue weighted by Crippen LogP contribution is -2.37. The molecule has 2 aromatic carbocycles. The minimum atomic E-state index is -1.11. The Morgan fingerprint density at radius 1 is 1.05 bits per heavy atom. The Morgan fingerprint density at radius 3 is 2.25 bits per heavy atom.